The molecule has 0 aliphatic rings. The highest BCUT2D eigenvalue weighted by atomic mass is 35.5. The Kier molecular flexibility index (Phi) is 5.71. The van der Waals surface area contributed by atoms with Crippen LogP contribution in [0.5, 0.6) is 0 Å². The van der Waals surface area contributed by atoms with Crippen molar-refractivity contribution in [1.29, 1.82) is 0 Å². The van der Waals surface area contributed by atoms with Gasteiger partial charge in [0, 0.05) is 10.4 Å². The first kappa shape index (κ1) is 22.5. The average Bonchev–Trinajstić information content (AvgIpc) is 3.29. The third-order valence-corrected chi connectivity index (χ3v) is 4.99. The molecule has 0 bridgehead atoms. The summed E-state index contributed by atoms with van der Waals surface area (Å²) >= 11 is 6.38. The third kappa shape index (κ3) is 4.34. The number of carbonyl (C=O) groups excluding carboxylic acids is 2. The zero-order valence-electron chi connectivity index (χ0n) is 18.6. The van der Waals surface area contributed by atoms with Crippen LogP contribution in [0, 0.1) is 0 Å². The van der Waals surface area contributed by atoms with Crippen LogP contribution in [0.25, 0.3) is 22.1 Å². The fourth-order valence-corrected chi connectivity index (χ4v) is 3.81. The van der Waals surface area contributed by atoms with E-state index in [0.29, 0.717) is 32.7 Å². The van der Waals surface area contributed by atoms with E-state index < -0.39 is 17.7 Å². The molecular weight excluding hydrogens is 448 g/mol. The molecule has 0 atom stereocenters. The number of esters is 1. The van der Waals surface area contributed by atoms with E-state index in [1.54, 1.807) is 56.8 Å². The van der Waals surface area contributed by atoms with Crippen molar-refractivity contribution in [3.8, 4) is 0 Å². The van der Waals surface area contributed by atoms with E-state index in [9.17, 15) is 9.59 Å². The number of nitrogens with zero attached hydrogens (tertiary/aromatic N) is 5. The number of benzene rings is 1. The van der Waals surface area contributed by atoms with Crippen LogP contribution in [0.1, 0.15) is 43.7 Å². The molecule has 0 aliphatic carbocycles. The van der Waals surface area contributed by atoms with Crippen LogP contribution < -0.4 is 5.73 Å². The highest BCUT2D eigenvalue weighted by Gasteiger charge is 2.27. The summed E-state index contributed by atoms with van der Waals surface area (Å²) in [6.45, 7) is 7.35. The first-order valence-electron chi connectivity index (χ1n) is 10.2. The van der Waals surface area contributed by atoms with Crippen LogP contribution in [0.4, 0.5) is 10.6 Å². The number of nitrogen functional groups attached to an aromatic ring is 1. The maximum Gasteiger partial charge on any atom is 0.419 e. The normalized spacial score (nSPS) is 11.8. The molecule has 1 aromatic carbocycles. The molecule has 0 saturated heterocycles. The predicted octanol–water partition coefficient (Wildman–Crippen LogP) is 4.02. The van der Waals surface area contributed by atoms with Crippen molar-refractivity contribution >= 4 is 51.5 Å². The van der Waals surface area contributed by atoms with E-state index in [-0.39, 0.29) is 24.7 Å². The number of aromatic nitrogens is 5. The van der Waals surface area contributed by atoms with Crippen molar-refractivity contribution in [2.24, 2.45) is 0 Å². The molecule has 0 spiro atoms. The number of hydrogen-bond acceptors (Lipinski definition) is 8. The fraction of sp³-hybridized carbons (Fsp3) is 0.318. The molecule has 4 rings (SSSR count). The Morgan fingerprint density at radius 1 is 1.15 bits per heavy atom. The van der Waals surface area contributed by atoms with Gasteiger partial charge in [0.15, 0.2) is 11.5 Å². The first-order chi connectivity index (χ1) is 15.6. The van der Waals surface area contributed by atoms with Crippen molar-refractivity contribution in [3.63, 3.8) is 0 Å². The second-order valence-electron chi connectivity index (χ2n) is 8.37. The molecule has 172 valence electrons. The average molecular weight is 471 g/mol. The zero-order chi connectivity index (χ0) is 23.9. The number of nitrogens with two attached hydrogens (primary N) is 1. The molecule has 0 unspecified atom stereocenters. The smallest absolute Gasteiger partial charge is 0.419 e. The molecule has 4 aromatic rings. The van der Waals surface area contributed by atoms with Crippen LogP contribution in [-0.2, 0) is 16.0 Å². The van der Waals surface area contributed by atoms with Gasteiger partial charge in [-0.05, 0) is 51.5 Å². The van der Waals surface area contributed by atoms with E-state index in [4.69, 9.17) is 26.8 Å². The van der Waals surface area contributed by atoms with Gasteiger partial charge >= 0.3 is 12.1 Å². The maximum atomic E-state index is 13.2. The largest absolute Gasteiger partial charge is 0.461 e. The van der Waals surface area contributed by atoms with Crippen molar-refractivity contribution in [2.75, 3.05) is 12.3 Å². The Hall–Kier alpha value is -3.66. The van der Waals surface area contributed by atoms with E-state index in [1.807, 2.05) is 0 Å². The molecule has 11 heteroatoms. The number of fused-ring (bicyclic) bond motifs is 2. The lowest BCUT2D eigenvalue weighted by Crippen LogP contribution is -2.29. The number of halogens is 1. The number of imidazole rings is 1. The summed E-state index contributed by atoms with van der Waals surface area (Å²) in [5, 5.41) is 1.03. The van der Waals surface area contributed by atoms with Crippen molar-refractivity contribution < 1.29 is 19.1 Å². The minimum absolute atomic E-state index is 0.0478. The maximum absolute atomic E-state index is 13.2. The molecule has 0 amide bonds. The van der Waals surface area contributed by atoms with E-state index in [1.165, 1.54) is 10.9 Å². The van der Waals surface area contributed by atoms with Crippen LogP contribution in [0.3, 0.4) is 0 Å². The molecule has 0 fully saturated rings. The van der Waals surface area contributed by atoms with Crippen molar-refractivity contribution in [1.82, 2.24) is 24.1 Å². The number of rotatable bonds is 4. The number of hydrogen-bond donors (Lipinski definition) is 1. The monoisotopic (exact) mass is 470 g/mol. The van der Waals surface area contributed by atoms with Crippen molar-refractivity contribution in [3.05, 3.63) is 47.1 Å². The summed E-state index contributed by atoms with van der Waals surface area (Å²) in [4.78, 5) is 38.4. The zero-order valence-corrected chi connectivity index (χ0v) is 19.4. The molecule has 33 heavy (non-hydrogen) atoms. The first-order valence-corrected chi connectivity index (χ1v) is 10.6. The van der Waals surface area contributed by atoms with Gasteiger partial charge in [-0.2, -0.15) is 0 Å². The van der Waals surface area contributed by atoms with Gasteiger partial charge < -0.3 is 19.8 Å². The van der Waals surface area contributed by atoms with Gasteiger partial charge in [0.05, 0.1) is 25.0 Å². The second-order valence-corrected chi connectivity index (χ2v) is 8.81. The summed E-state index contributed by atoms with van der Waals surface area (Å²) in [6, 6.07) is 4.96. The SMILES string of the molecule is CCOC(=O)c1cc2cc(Cl)cc(Cn3cnc4c(N)ncnc43)c2n1C(=O)OC(C)(C)C. The Labute approximate surface area is 194 Å². The fourth-order valence-electron chi connectivity index (χ4n) is 3.56. The Morgan fingerprint density at radius 3 is 2.61 bits per heavy atom. The summed E-state index contributed by atoms with van der Waals surface area (Å²) in [7, 11) is 0. The van der Waals surface area contributed by atoms with Gasteiger partial charge in [0.2, 0.25) is 0 Å². The van der Waals surface area contributed by atoms with Gasteiger partial charge in [0.1, 0.15) is 23.1 Å². The van der Waals surface area contributed by atoms with Crippen molar-refractivity contribution in [2.45, 2.75) is 39.8 Å². The lowest BCUT2D eigenvalue weighted by Gasteiger charge is -2.21. The van der Waals surface area contributed by atoms with E-state index in [2.05, 4.69) is 15.0 Å². The summed E-state index contributed by atoms with van der Waals surface area (Å²) in [5.41, 5.74) is 7.28. The molecular formula is C22H23ClN6O4. The highest BCUT2D eigenvalue weighted by Crippen LogP contribution is 2.30. The second kappa shape index (κ2) is 8.36. The quantitative estimate of drug-likeness (QED) is 0.443. The van der Waals surface area contributed by atoms with Crippen LogP contribution >= 0.6 is 11.6 Å². The minimum Gasteiger partial charge on any atom is -0.461 e. The van der Waals surface area contributed by atoms with Crippen LogP contribution in [0.15, 0.2) is 30.9 Å². The minimum atomic E-state index is -0.777. The Morgan fingerprint density at radius 2 is 1.91 bits per heavy atom. The van der Waals surface area contributed by atoms with Gasteiger partial charge in [-0.3, -0.25) is 0 Å². The number of anilines is 1. The summed E-state index contributed by atoms with van der Waals surface area (Å²) in [5.74, 6) is -0.382. The highest BCUT2D eigenvalue weighted by molar-refractivity contribution is 6.31. The number of ether oxygens (including phenoxy) is 2. The van der Waals surface area contributed by atoms with Gasteiger partial charge in [0.25, 0.3) is 0 Å². The molecule has 0 aliphatic heterocycles. The van der Waals surface area contributed by atoms with Gasteiger partial charge in [-0.1, -0.05) is 11.6 Å². The molecule has 10 nitrogen and oxygen atoms in total. The standard InChI is InChI=1S/C22H23ClN6O4/c1-5-32-20(30)15-8-12-6-14(23)7-13(17(12)29(15)21(31)33-22(2,3)4)9-28-11-27-16-18(24)25-10-26-19(16)28/h6-8,10-11H,5,9H2,1-4H3,(H2,24,25,26). The van der Waals surface area contributed by atoms with Crippen LogP contribution in [-0.4, -0.2) is 48.4 Å². The molecule has 3 heterocycles. The summed E-state index contributed by atoms with van der Waals surface area (Å²) < 4.78 is 13.8. The molecule has 0 radical (unpaired) electrons. The molecule has 2 N–H and O–H groups in total. The van der Waals surface area contributed by atoms with E-state index >= 15 is 0 Å². The van der Waals surface area contributed by atoms with Crippen LogP contribution in [0.2, 0.25) is 5.02 Å². The topological polar surface area (TPSA) is 127 Å². The van der Waals surface area contributed by atoms with E-state index in [0.717, 1.165) is 0 Å². The Balaban J connectivity index is 1.93. The van der Waals surface area contributed by atoms with Gasteiger partial charge in [-0.25, -0.2) is 29.1 Å². The van der Waals surface area contributed by atoms with Gasteiger partial charge in [-0.15, -0.1) is 0 Å². The Bertz CT molecular complexity index is 1390. The third-order valence-electron chi connectivity index (χ3n) is 4.77. The molecule has 0 saturated carbocycles. The lowest BCUT2D eigenvalue weighted by molar-refractivity contribution is 0.0454. The lowest BCUT2D eigenvalue weighted by atomic mass is 10.1. The predicted molar refractivity (Wildman–Crippen MR) is 123 cm³/mol. The summed E-state index contributed by atoms with van der Waals surface area (Å²) in [6.07, 6.45) is 2.23. The molecule has 3 aromatic heterocycles. The number of carbonyl (C=O) groups is 2.